The molecule has 0 spiro atoms. The third-order valence-corrected chi connectivity index (χ3v) is 2.30. The first-order valence-corrected chi connectivity index (χ1v) is 4.67. The highest BCUT2D eigenvalue weighted by atomic mass is 16.3. The molecule has 1 heteroatoms. The zero-order valence-electron chi connectivity index (χ0n) is 9.02. The quantitative estimate of drug-likeness (QED) is 0.645. The molecule has 0 aromatic carbocycles. The SMILES string of the molecule is C/C=C(\C)CCC(O)C(C)(C)C. The summed E-state index contributed by atoms with van der Waals surface area (Å²) in [5, 5.41) is 9.70. The van der Waals surface area contributed by atoms with Gasteiger partial charge in [0.25, 0.3) is 0 Å². The van der Waals surface area contributed by atoms with Crippen molar-refractivity contribution in [1.29, 1.82) is 0 Å². The summed E-state index contributed by atoms with van der Waals surface area (Å²) in [7, 11) is 0. The number of allylic oxidation sites excluding steroid dienone is 2. The van der Waals surface area contributed by atoms with Crippen LogP contribution in [0.3, 0.4) is 0 Å². The zero-order valence-corrected chi connectivity index (χ0v) is 9.02. The Labute approximate surface area is 76.5 Å². The number of aliphatic hydroxyl groups excluding tert-OH is 1. The van der Waals surface area contributed by atoms with Gasteiger partial charge < -0.3 is 5.11 Å². The highest BCUT2D eigenvalue weighted by molar-refractivity contribution is 4.96. The van der Waals surface area contributed by atoms with Crippen LogP contribution in [-0.2, 0) is 0 Å². The summed E-state index contributed by atoms with van der Waals surface area (Å²) >= 11 is 0. The molecule has 0 saturated heterocycles. The van der Waals surface area contributed by atoms with Crippen LogP contribution >= 0.6 is 0 Å². The molecule has 0 heterocycles. The monoisotopic (exact) mass is 170 g/mol. The van der Waals surface area contributed by atoms with Crippen molar-refractivity contribution in [2.24, 2.45) is 5.41 Å². The minimum atomic E-state index is -0.188. The van der Waals surface area contributed by atoms with E-state index >= 15 is 0 Å². The van der Waals surface area contributed by atoms with E-state index in [1.54, 1.807) is 0 Å². The van der Waals surface area contributed by atoms with Crippen LogP contribution in [-0.4, -0.2) is 11.2 Å². The molecular formula is C11H22O. The van der Waals surface area contributed by atoms with Gasteiger partial charge in [0.15, 0.2) is 0 Å². The standard InChI is InChI=1S/C11H22O/c1-6-9(2)7-8-10(12)11(3,4)5/h6,10,12H,7-8H2,1-5H3/b9-6+. The van der Waals surface area contributed by atoms with Gasteiger partial charge in [-0.2, -0.15) is 0 Å². The predicted octanol–water partition coefficient (Wildman–Crippen LogP) is 3.14. The maximum absolute atomic E-state index is 9.70. The highest BCUT2D eigenvalue weighted by Crippen LogP contribution is 2.23. The van der Waals surface area contributed by atoms with Gasteiger partial charge in [-0.3, -0.25) is 0 Å². The van der Waals surface area contributed by atoms with Gasteiger partial charge in [0.05, 0.1) is 6.10 Å². The molecule has 12 heavy (non-hydrogen) atoms. The lowest BCUT2D eigenvalue weighted by Crippen LogP contribution is -2.25. The van der Waals surface area contributed by atoms with Gasteiger partial charge in [-0.05, 0) is 32.1 Å². The Morgan fingerprint density at radius 3 is 2.25 bits per heavy atom. The van der Waals surface area contributed by atoms with Crippen LogP contribution in [0.1, 0.15) is 47.5 Å². The lowest BCUT2D eigenvalue weighted by molar-refractivity contribution is 0.0560. The van der Waals surface area contributed by atoms with Crippen molar-refractivity contribution in [3.63, 3.8) is 0 Å². The molecule has 0 bridgehead atoms. The number of hydrogen-bond donors (Lipinski definition) is 1. The summed E-state index contributed by atoms with van der Waals surface area (Å²) in [6.07, 6.45) is 3.80. The van der Waals surface area contributed by atoms with Crippen LogP contribution in [0.5, 0.6) is 0 Å². The third kappa shape index (κ3) is 4.55. The van der Waals surface area contributed by atoms with E-state index in [0.29, 0.717) is 0 Å². The van der Waals surface area contributed by atoms with Gasteiger partial charge in [-0.15, -0.1) is 0 Å². The topological polar surface area (TPSA) is 20.2 Å². The maximum atomic E-state index is 9.70. The van der Waals surface area contributed by atoms with Crippen molar-refractivity contribution in [2.75, 3.05) is 0 Å². The minimum absolute atomic E-state index is 0.0218. The molecule has 0 radical (unpaired) electrons. The van der Waals surface area contributed by atoms with Gasteiger partial charge >= 0.3 is 0 Å². The second-order valence-corrected chi connectivity index (χ2v) is 4.56. The van der Waals surface area contributed by atoms with E-state index in [4.69, 9.17) is 0 Å². The smallest absolute Gasteiger partial charge is 0.0591 e. The summed E-state index contributed by atoms with van der Waals surface area (Å²) in [6, 6.07) is 0. The Morgan fingerprint density at radius 1 is 1.42 bits per heavy atom. The predicted molar refractivity (Wildman–Crippen MR) is 54.1 cm³/mol. The maximum Gasteiger partial charge on any atom is 0.0591 e. The van der Waals surface area contributed by atoms with Gasteiger partial charge in [-0.1, -0.05) is 32.4 Å². The zero-order chi connectivity index (χ0) is 9.78. The molecule has 0 aromatic heterocycles. The summed E-state index contributed by atoms with van der Waals surface area (Å²) in [6.45, 7) is 10.4. The second-order valence-electron chi connectivity index (χ2n) is 4.56. The number of rotatable bonds is 3. The molecule has 0 aliphatic rings. The van der Waals surface area contributed by atoms with Crippen molar-refractivity contribution in [3.05, 3.63) is 11.6 Å². The molecule has 1 atom stereocenters. The van der Waals surface area contributed by atoms with E-state index in [2.05, 4.69) is 33.8 Å². The molecule has 0 fully saturated rings. The molecule has 1 N–H and O–H groups in total. The summed E-state index contributed by atoms with van der Waals surface area (Å²) in [5.41, 5.74) is 1.38. The van der Waals surface area contributed by atoms with E-state index in [1.807, 2.05) is 6.92 Å². The van der Waals surface area contributed by atoms with Gasteiger partial charge in [0.1, 0.15) is 0 Å². The number of aliphatic hydroxyl groups is 1. The van der Waals surface area contributed by atoms with Crippen molar-refractivity contribution in [1.82, 2.24) is 0 Å². The summed E-state index contributed by atoms with van der Waals surface area (Å²) in [5.74, 6) is 0. The lowest BCUT2D eigenvalue weighted by Gasteiger charge is -2.25. The minimum Gasteiger partial charge on any atom is -0.393 e. The van der Waals surface area contributed by atoms with Crippen molar-refractivity contribution in [2.45, 2.75) is 53.6 Å². The lowest BCUT2D eigenvalue weighted by atomic mass is 9.86. The molecule has 1 nitrogen and oxygen atoms in total. The van der Waals surface area contributed by atoms with E-state index < -0.39 is 0 Å². The summed E-state index contributed by atoms with van der Waals surface area (Å²) < 4.78 is 0. The first-order chi connectivity index (χ1) is 5.38. The average Bonchev–Trinajstić information content (AvgIpc) is 1.97. The van der Waals surface area contributed by atoms with Gasteiger partial charge in [0.2, 0.25) is 0 Å². The van der Waals surface area contributed by atoms with Gasteiger partial charge in [-0.25, -0.2) is 0 Å². The highest BCUT2D eigenvalue weighted by Gasteiger charge is 2.21. The fourth-order valence-electron chi connectivity index (χ4n) is 0.942. The molecule has 0 saturated carbocycles. The Balaban J connectivity index is 3.80. The molecule has 0 aliphatic heterocycles. The third-order valence-electron chi connectivity index (χ3n) is 2.30. The van der Waals surface area contributed by atoms with Crippen LogP contribution < -0.4 is 0 Å². The fourth-order valence-corrected chi connectivity index (χ4v) is 0.942. The van der Waals surface area contributed by atoms with Crippen molar-refractivity contribution < 1.29 is 5.11 Å². The van der Waals surface area contributed by atoms with E-state index in [-0.39, 0.29) is 11.5 Å². The van der Waals surface area contributed by atoms with Crippen LogP contribution in [0.25, 0.3) is 0 Å². The fraction of sp³-hybridized carbons (Fsp3) is 0.818. The van der Waals surface area contributed by atoms with Crippen LogP contribution in [0.2, 0.25) is 0 Å². The molecule has 0 aromatic rings. The van der Waals surface area contributed by atoms with Gasteiger partial charge in [0, 0.05) is 0 Å². The second kappa shape index (κ2) is 4.66. The van der Waals surface area contributed by atoms with Crippen molar-refractivity contribution >= 4 is 0 Å². The van der Waals surface area contributed by atoms with E-state index in [9.17, 15) is 5.11 Å². The van der Waals surface area contributed by atoms with Crippen LogP contribution in [0.15, 0.2) is 11.6 Å². The first kappa shape index (κ1) is 11.7. The van der Waals surface area contributed by atoms with E-state index in [1.165, 1.54) is 5.57 Å². The molecule has 72 valence electrons. The molecular weight excluding hydrogens is 148 g/mol. The Morgan fingerprint density at radius 2 is 1.92 bits per heavy atom. The normalized spacial score (nSPS) is 16.3. The molecule has 0 aliphatic carbocycles. The van der Waals surface area contributed by atoms with Crippen LogP contribution in [0.4, 0.5) is 0 Å². The Hall–Kier alpha value is -0.300. The molecule has 1 unspecified atom stereocenters. The average molecular weight is 170 g/mol. The summed E-state index contributed by atoms with van der Waals surface area (Å²) in [4.78, 5) is 0. The molecule has 0 amide bonds. The van der Waals surface area contributed by atoms with E-state index in [0.717, 1.165) is 12.8 Å². The number of hydrogen-bond acceptors (Lipinski definition) is 1. The Kier molecular flexibility index (Phi) is 4.54. The van der Waals surface area contributed by atoms with Crippen LogP contribution in [0, 0.1) is 5.41 Å². The van der Waals surface area contributed by atoms with Crippen molar-refractivity contribution in [3.8, 4) is 0 Å². The Bertz CT molecular complexity index is 151. The first-order valence-electron chi connectivity index (χ1n) is 4.67. The largest absolute Gasteiger partial charge is 0.393 e. The molecule has 0 rings (SSSR count).